The van der Waals surface area contributed by atoms with Crippen LogP contribution in [0.25, 0.3) is 16.5 Å². The Morgan fingerprint density at radius 3 is 2.52 bits per heavy atom. The minimum Gasteiger partial charge on any atom is -0.507 e. The number of aliphatic hydroxyl groups is 1. The zero-order chi connectivity index (χ0) is 19.0. The van der Waals surface area contributed by atoms with E-state index in [1.54, 1.807) is 48.5 Å². The third-order valence-electron chi connectivity index (χ3n) is 4.76. The molecule has 0 radical (unpaired) electrons. The average molecular weight is 360 g/mol. The molecule has 5 nitrogen and oxygen atoms in total. The predicted octanol–water partition coefficient (Wildman–Crippen LogP) is 3.83. The lowest BCUT2D eigenvalue weighted by Crippen LogP contribution is -2.40. The summed E-state index contributed by atoms with van der Waals surface area (Å²) in [6.45, 7) is 0. The molecule has 134 valence electrons. The van der Waals surface area contributed by atoms with E-state index in [1.165, 1.54) is 6.08 Å². The van der Waals surface area contributed by atoms with Crippen molar-refractivity contribution in [2.45, 2.75) is 12.0 Å². The molecular weight excluding hydrogens is 344 g/mol. The molecule has 0 saturated heterocycles. The van der Waals surface area contributed by atoms with Crippen LogP contribution in [0, 0.1) is 0 Å². The highest BCUT2D eigenvalue weighted by atomic mass is 16.5. The summed E-state index contributed by atoms with van der Waals surface area (Å²) in [6, 6.07) is 15.8. The Hall–Kier alpha value is -3.60. The largest absolute Gasteiger partial charge is 0.507 e. The third-order valence-corrected chi connectivity index (χ3v) is 4.76. The first kappa shape index (κ1) is 16.8. The van der Waals surface area contributed by atoms with Gasteiger partial charge >= 0.3 is 0 Å². The number of rotatable bonds is 4. The van der Waals surface area contributed by atoms with E-state index in [-0.39, 0.29) is 29.2 Å². The summed E-state index contributed by atoms with van der Waals surface area (Å²) in [5.41, 5.74) is -0.0522. The lowest BCUT2D eigenvalue weighted by Gasteiger charge is -2.31. The molecule has 0 aromatic heterocycles. The van der Waals surface area contributed by atoms with Gasteiger partial charge in [-0.1, -0.05) is 48.5 Å². The molecule has 1 unspecified atom stereocenters. The van der Waals surface area contributed by atoms with E-state index >= 15 is 0 Å². The number of carbonyl (C=O) groups is 2. The second-order valence-corrected chi connectivity index (χ2v) is 6.52. The lowest BCUT2D eigenvalue weighted by molar-refractivity contribution is -0.118. The zero-order valence-electron chi connectivity index (χ0n) is 14.3. The maximum Gasteiger partial charge on any atom is 0.190 e. The van der Waals surface area contributed by atoms with Gasteiger partial charge in [-0.15, -0.1) is 0 Å². The minimum atomic E-state index is -1.50. The Bertz CT molecular complexity index is 1100. The maximum atomic E-state index is 12.0. The molecule has 0 heterocycles. The van der Waals surface area contributed by atoms with Gasteiger partial charge in [-0.05, 0) is 17.0 Å². The van der Waals surface area contributed by atoms with Gasteiger partial charge in [-0.3, -0.25) is 9.59 Å². The molecule has 2 N–H and O–H groups in total. The predicted molar refractivity (Wildman–Crippen MR) is 101 cm³/mol. The fraction of sp³-hybridized carbons (Fsp3) is 0.0909. The summed E-state index contributed by atoms with van der Waals surface area (Å²) in [5.74, 6) is -0.373. The molecule has 27 heavy (non-hydrogen) atoms. The molecule has 0 spiro atoms. The fourth-order valence-electron chi connectivity index (χ4n) is 3.45. The summed E-state index contributed by atoms with van der Waals surface area (Å²) in [5, 5.41) is 22.2. The van der Waals surface area contributed by atoms with Gasteiger partial charge in [0.2, 0.25) is 0 Å². The van der Waals surface area contributed by atoms with Gasteiger partial charge in [0.1, 0.15) is 5.76 Å². The first-order valence-electron chi connectivity index (χ1n) is 8.42. The molecule has 3 aromatic carbocycles. The van der Waals surface area contributed by atoms with E-state index in [4.69, 9.17) is 4.74 Å². The first-order valence-corrected chi connectivity index (χ1v) is 8.42. The van der Waals surface area contributed by atoms with E-state index in [1.807, 2.05) is 6.07 Å². The number of benzene rings is 3. The van der Waals surface area contributed by atoms with Crippen molar-refractivity contribution in [1.82, 2.24) is 0 Å². The summed E-state index contributed by atoms with van der Waals surface area (Å²) in [4.78, 5) is 23.4. The van der Waals surface area contributed by atoms with Gasteiger partial charge in [0.05, 0.1) is 5.56 Å². The molecule has 0 saturated carbocycles. The second-order valence-electron chi connectivity index (χ2n) is 6.52. The van der Waals surface area contributed by atoms with Crippen LogP contribution in [-0.4, -0.2) is 28.4 Å². The van der Waals surface area contributed by atoms with E-state index in [2.05, 4.69) is 0 Å². The molecule has 1 aliphatic rings. The average Bonchev–Trinajstić information content (AvgIpc) is 2.70. The number of ether oxygens (including phenoxy) is 1. The van der Waals surface area contributed by atoms with E-state index < -0.39 is 5.60 Å². The molecule has 4 rings (SSSR count). The summed E-state index contributed by atoms with van der Waals surface area (Å²) < 4.78 is 5.99. The van der Waals surface area contributed by atoms with Gasteiger partial charge in [-0.25, -0.2) is 0 Å². The van der Waals surface area contributed by atoms with Gasteiger partial charge in [0.25, 0.3) is 0 Å². The van der Waals surface area contributed by atoms with Crippen LogP contribution in [0.3, 0.4) is 0 Å². The van der Waals surface area contributed by atoms with Crippen molar-refractivity contribution in [3.63, 3.8) is 0 Å². The Kier molecular flexibility index (Phi) is 3.92. The highest BCUT2D eigenvalue weighted by molar-refractivity contribution is 5.98. The van der Waals surface area contributed by atoms with Crippen molar-refractivity contribution >= 4 is 29.1 Å². The van der Waals surface area contributed by atoms with Crippen LogP contribution in [-0.2, 0) is 11.2 Å². The normalized spacial score (nSPS) is 18.4. The van der Waals surface area contributed by atoms with Crippen LogP contribution in [0.1, 0.15) is 21.5 Å². The molecule has 1 aliphatic carbocycles. The van der Waals surface area contributed by atoms with Crippen LogP contribution < -0.4 is 4.74 Å². The number of aromatic hydroxyl groups is 1. The van der Waals surface area contributed by atoms with Gasteiger partial charge < -0.3 is 14.9 Å². The summed E-state index contributed by atoms with van der Waals surface area (Å²) in [7, 11) is 0. The molecule has 0 amide bonds. The molecule has 0 aliphatic heterocycles. The number of phenolic OH excluding ortho intramolecular Hbond substituents is 1. The Morgan fingerprint density at radius 1 is 1.00 bits per heavy atom. The zero-order valence-corrected chi connectivity index (χ0v) is 14.3. The number of aldehydes is 2. The highest BCUT2D eigenvalue weighted by Crippen LogP contribution is 2.41. The van der Waals surface area contributed by atoms with Crippen molar-refractivity contribution in [3.8, 4) is 11.5 Å². The van der Waals surface area contributed by atoms with Gasteiger partial charge in [-0.2, -0.15) is 0 Å². The van der Waals surface area contributed by atoms with Crippen molar-refractivity contribution in [2.24, 2.45) is 0 Å². The number of hydrogen-bond acceptors (Lipinski definition) is 5. The third kappa shape index (κ3) is 2.73. The standard InChI is InChI=1S/C22H16O5/c23-12-16-9-14-5-1-4-8-18(14)21(20(16)26)27-22(13-24)10-15-6-2-3-7-17(15)19(25)11-22/h1-9,11-13,25-26H,10H2. The maximum absolute atomic E-state index is 12.0. The van der Waals surface area contributed by atoms with Gasteiger partial charge in [0.15, 0.2) is 29.7 Å². The van der Waals surface area contributed by atoms with E-state index in [0.717, 1.165) is 5.56 Å². The number of carbonyl (C=O) groups excluding carboxylic acids is 2. The number of aliphatic hydroxyl groups excluding tert-OH is 1. The Labute approximate surface area is 155 Å². The Balaban J connectivity index is 1.89. The first-order chi connectivity index (χ1) is 13.1. The molecule has 3 aromatic rings. The van der Waals surface area contributed by atoms with Crippen LogP contribution in [0.2, 0.25) is 0 Å². The fourth-order valence-corrected chi connectivity index (χ4v) is 3.45. The molecule has 0 bridgehead atoms. The second kappa shape index (κ2) is 6.29. The summed E-state index contributed by atoms with van der Waals surface area (Å²) >= 11 is 0. The molecular formula is C22H16O5. The summed E-state index contributed by atoms with van der Waals surface area (Å²) in [6.07, 6.45) is 2.66. The molecule has 1 atom stereocenters. The van der Waals surface area contributed by atoms with Crippen molar-refractivity contribution in [3.05, 3.63) is 77.4 Å². The van der Waals surface area contributed by atoms with E-state index in [9.17, 15) is 19.8 Å². The monoisotopic (exact) mass is 360 g/mol. The SMILES string of the molecule is O=Cc1cc2ccccc2c(OC2(C=O)C=C(O)c3ccccc3C2)c1O. The van der Waals surface area contributed by atoms with Crippen LogP contribution in [0.5, 0.6) is 11.5 Å². The number of hydrogen-bond donors (Lipinski definition) is 2. The topological polar surface area (TPSA) is 83.8 Å². The molecule has 0 fully saturated rings. The minimum absolute atomic E-state index is 0.0331. The van der Waals surface area contributed by atoms with Crippen molar-refractivity contribution in [2.75, 3.05) is 0 Å². The van der Waals surface area contributed by atoms with Crippen LogP contribution >= 0.6 is 0 Å². The Morgan fingerprint density at radius 2 is 1.74 bits per heavy atom. The number of fused-ring (bicyclic) bond motifs is 2. The quantitative estimate of drug-likeness (QED) is 0.691. The van der Waals surface area contributed by atoms with Crippen molar-refractivity contribution in [1.29, 1.82) is 0 Å². The smallest absolute Gasteiger partial charge is 0.190 e. The van der Waals surface area contributed by atoms with Crippen LogP contribution in [0.4, 0.5) is 0 Å². The van der Waals surface area contributed by atoms with E-state index in [0.29, 0.717) is 28.9 Å². The lowest BCUT2D eigenvalue weighted by atomic mass is 9.85. The number of phenols is 1. The highest BCUT2D eigenvalue weighted by Gasteiger charge is 2.37. The van der Waals surface area contributed by atoms with Gasteiger partial charge in [0, 0.05) is 23.4 Å². The molecule has 5 heteroatoms. The van der Waals surface area contributed by atoms with Crippen molar-refractivity contribution < 1.29 is 24.5 Å². The van der Waals surface area contributed by atoms with Crippen LogP contribution in [0.15, 0.2) is 60.7 Å².